The number of carbonyl (C=O) groups is 2. The normalized spacial score (nSPS) is 19.4. The molecule has 2 heterocycles. The van der Waals surface area contributed by atoms with Crippen LogP contribution in [0.15, 0.2) is 41.8 Å². The molecule has 0 aliphatic carbocycles. The largest absolute Gasteiger partial charge is 0.361 e. The smallest absolute Gasteiger partial charge is 0.254 e. The molecule has 6 heteroatoms. The molecule has 29 heavy (non-hydrogen) atoms. The van der Waals surface area contributed by atoms with Crippen LogP contribution in [0.1, 0.15) is 32.8 Å². The fourth-order valence-electron chi connectivity index (χ4n) is 3.68. The molecule has 5 nitrogen and oxygen atoms in total. The Labute approximate surface area is 177 Å². The maximum atomic E-state index is 13.0. The van der Waals surface area contributed by atoms with Crippen LogP contribution < -0.4 is 5.32 Å². The van der Waals surface area contributed by atoms with E-state index < -0.39 is 5.60 Å². The van der Waals surface area contributed by atoms with Gasteiger partial charge in [0, 0.05) is 30.8 Å². The van der Waals surface area contributed by atoms with E-state index in [4.69, 9.17) is 4.74 Å². The molecule has 3 rings (SSSR count). The van der Waals surface area contributed by atoms with Gasteiger partial charge in [-0.2, -0.15) is 0 Å². The van der Waals surface area contributed by atoms with E-state index >= 15 is 0 Å². The second kappa shape index (κ2) is 9.55. The van der Waals surface area contributed by atoms with Crippen LogP contribution in [0.5, 0.6) is 0 Å². The van der Waals surface area contributed by atoms with Crippen LogP contribution in [-0.2, 0) is 20.7 Å². The average molecular weight is 415 g/mol. The van der Waals surface area contributed by atoms with Crippen LogP contribution in [0.2, 0.25) is 0 Å². The highest BCUT2D eigenvalue weighted by molar-refractivity contribution is 7.13. The van der Waals surface area contributed by atoms with Crippen molar-refractivity contribution in [3.05, 3.63) is 47.3 Å². The number of ether oxygens (including phenoxy) is 1. The Hall–Kier alpha value is -2.18. The summed E-state index contributed by atoms with van der Waals surface area (Å²) in [7, 11) is 0. The minimum Gasteiger partial charge on any atom is -0.361 e. The Balaban J connectivity index is 1.81. The van der Waals surface area contributed by atoms with Crippen molar-refractivity contribution >= 4 is 23.2 Å². The van der Waals surface area contributed by atoms with Crippen LogP contribution in [0.25, 0.3) is 10.4 Å². The van der Waals surface area contributed by atoms with Gasteiger partial charge in [0.15, 0.2) is 5.60 Å². The average Bonchev–Trinajstić information content (AvgIpc) is 3.23. The number of amides is 2. The number of carbonyl (C=O) groups excluding carboxylic acids is 2. The monoisotopic (exact) mass is 414 g/mol. The SMILES string of the molecule is CCNC(=O)C1(Cc2ccc(-c3cccs3)cc2)CN(C(=O)CC(C)C)CCO1. The number of likely N-dealkylation sites (N-methyl/N-ethyl adjacent to an activating group) is 1. The predicted molar refractivity (Wildman–Crippen MR) is 117 cm³/mol. The lowest BCUT2D eigenvalue weighted by Gasteiger charge is -2.42. The number of nitrogens with one attached hydrogen (secondary N) is 1. The molecule has 2 aromatic rings. The first-order chi connectivity index (χ1) is 13.9. The van der Waals surface area contributed by atoms with Gasteiger partial charge < -0.3 is 15.0 Å². The van der Waals surface area contributed by atoms with Gasteiger partial charge in [-0.3, -0.25) is 9.59 Å². The van der Waals surface area contributed by atoms with Crippen molar-refractivity contribution in [1.82, 2.24) is 10.2 Å². The maximum absolute atomic E-state index is 13.0. The fourth-order valence-corrected chi connectivity index (χ4v) is 4.41. The third-order valence-corrected chi connectivity index (χ3v) is 6.04. The van der Waals surface area contributed by atoms with Crippen molar-refractivity contribution in [2.75, 3.05) is 26.2 Å². The van der Waals surface area contributed by atoms with Gasteiger partial charge in [-0.1, -0.05) is 44.2 Å². The highest BCUT2D eigenvalue weighted by Gasteiger charge is 2.44. The summed E-state index contributed by atoms with van der Waals surface area (Å²) in [6, 6.07) is 12.4. The van der Waals surface area contributed by atoms with Gasteiger partial charge in [-0.05, 0) is 35.4 Å². The van der Waals surface area contributed by atoms with Gasteiger partial charge in [0.05, 0.1) is 13.2 Å². The Morgan fingerprint density at radius 2 is 2.00 bits per heavy atom. The van der Waals surface area contributed by atoms with Gasteiger partial charge in [0.25, 0.3) is 5.91 Å². The summed E-state index contributed by atoms with van der Waals surface area (Å²) < 4.78 is 6.07. The molecule has 0 bridgehead atoms. The van der Waals surface area contributed by atoms with Gasteiger partial charge in [0.2, 0.25) is 5.91 Å². The van der Waals surface area contributed by atoms with Crippen molar-refractivity contribution < 1.29 is 14.3 Å². The zero-order valence-electron chi connectivity index (χ0n) is 17.4. The van der Waals surface area contributed by atoms with Gasteiger partial charge in [0.1, 0.15) is 0 Å². The number of nitrogens with zero attached hydrogens (tertiary/aromatic N) is 1. The lowest BCUT2D eigenvalue weighted by molar-refractivity contribution is -0.166. The first-order valence-corrected chi connectivity index (χ1v) is 11.1. The van der Waals surface area contributed by atoms with E-state index in [2.05, 4.69) is 28.9 Å². The highest BCUT2D eigenvalue weighted by Crippen LogP contribution is 2.28. The fraction of sp³-hybridized carbons (Fsp3) is 0.478. The van der Waals surface area contributed by atoms with Crippen molar-refractivity contribution in [3.8, 4) is 10.4 Å². The van der Waals surface area contributed by atoms with E-state index in [1.165, 1.54) is 4.88 Å². The lowest BCUT2D eigenvalue weighted by atomic mass is 9.90. The standard InChI is InChI=1S/C23H30N2O3S/c1-4-24-22(27)23(16-25(11-12-28-23)21(26)14-17(2)3)15-18-7-9-19(10-8-18)20-6-5-13-29-20/h5-10,13,17H,4,11-12,14-16H2,1-3H3,(H,24,27). The minimum atomic E-state index is -1.05. The van der Waals surface area contributed by atoms with E-state index in [1.807, 2.05) is 39.0 Å². The quantitative estimate of drug-likeness (QED) is 0.751. The number of hydrogen-bond acceptors (Lipinski definition) is 4. The number of morpholine rings is 1. The molecule has 1 aromatic heterocycles. The van der Waals surface area contributed by atoms with Crippen molar-refractivity contribution in [2.45, 2.75) is 39.2 Å². The zero-order valence-corrected chi connectivity index (χ0v) is 18.3. The van der Waals surface area contributed by atoms with Crippen LogP contribution in [-0.4, -0.2) is 48.6 Å². The highest BCUT2D eigenvalue weighted by atomic mass is 32.1. The molecular weight excluding hydrogens is 384 g/mol. The van der Waals surface area contributed by atoms with Gasteiger partial charge >= 0.3 is 0 Å². The molecule has 2 amide bonds. The minimum absolute atomic E-state index is 0.0880. The molecule has 156 valence electrons. The summed E-state index contributed by atoms with van der Waals surface area (Å²) in [6.45, 7) is 7.68. The first kappa shape index (κ1) is 21.5. The van der Waals surface area contributed by atoms with Crippen molar-refractivity contribution in [3.63, 3.8) is 0 Å². The molecule has 1 aromatic carbocycles. The summed E-state index contributed by atoms with van der Waals surface area (Å²) in [4.78, 5) is 28.6. The Kier molecular flexibility index (Phi) is 7.09. The Morgan fingerprint density at radius 3 is 2.62 bits per heavy atom. The summed E-state index contributed by atoms with van der Waals surface area (Å²) in [5, 5.41) is 4.97. The summed E-state index contributed by atoms with van der Waals surface area (Å²) in [5.41, 5.74) is 1.13. The molecule has 1 fully saturated rings. The van der Waals surface area contributed by atoms with Crippen LogP contribution in [0, 0.1) is 5.92 Å². The summed E-state index contributed by atoms with van der Waals surface area (Å²) in [5.74, 6) is 0.225. The van der Waals surface area contributed by atoms with Crippen molar-refractivity contribution in [1.29, 1.82) is 0 Å². The molecule has 1 aliphatic heterocycles. The number of benzene rings is 1. The Bertz CT molecular complexity index is 817. The second-order valence-electron chi connectivity index (χ2n) is 7.97. The lowest BCUT2D eigenvalue weighted by Crippen LogP contribution is -2.62. The summed E-state index contributed by atoms with van der Waals surface area (Å²) in [6.07, 6.45) is 0.927. The molecule has 0 spiro atoms. The van der Waals surface area contributed by atoms with Gasteiger partial charge in [-0.15, -0.1) is 11.3 Å². The maximum Gasteiger partial charge on any atom is 0.254 e. The molecule has 1 N–H and O–H groups in total. The number of hydrogen-bond donors (Lipinski definition) is 1. The predicted octanol–water partition coefficient (Wildman–Crippen LogP) is 3.74. The molecule has 1 aliphatic rings. The van der Waals surface area contributed by atoms with E-state index in [0.29, 0.717) is 32.5 Å². The molecule has 0 saturated carbocycles. The van der Waals surface area contributed by atoms with E-state index in [0.717, 1.165) is 11.1 Å². The molecule has 1 unspecified atom stereocenters. The number of thiophene rings is 1. The zero-order chi connectivity index (χ0) is 20.9. The summed E-state index contributed by atoms with van der Waals surface area (Å²) >= 11 is 1.70. The van der Waals surface area contributed by atoms with Gasteiger partial charge in [-0.25, -0.2) is 0 Å². The molecule has 1 saturated heterocycles. The number of rotatable bonds is 7. The van der Waals surface area contributed by atoms with Crippen molar-refractivity contribution in [2.24, 2.45) is 5.92 Å². The Morgan fingerprint density at radius 1 is 1.24 bits per heavy atom. The topological polar surface area (TPSA) is 58.6 Å². The molecular formula is C23H30N2O3S. The third kappa shape index (κ3) is 5.25. The second-order valence-corrected chi connectivity index (χ2v) is 8.91. The third-order valence-electron chi connectivity index (χ3n) is 5.12. The van der Waals surface area contributed by atoms with E-state index in [9.17, 15) is 9.59 Å². The van der Waals surface area contributed by atoms with E-state index in [-0.39, 0.29) is 24.3 Å². The van der Waals surface area contributed by atoms with Crippen LogP contribution in [0.3, 0.4) is 0 Å². The molecule has 1 atom stereocenters. The van der Waals surface area contributed by atoms with Crippen LogP contribution >= 0.6 is 11.3 Å². The first-order valence-electron chi connectivity index (χ1n) is 10.3. The van der Waals surface area contributed by atoms with Crippen LogP contribution in [0.4, 0.5) is 0 Å². The molecule has 0 radical (unpaired) electrons. The van der Waals surface area contributed by atoms with E-state index in [1.54, 1.807) is 16.2 Å².